The highest BCUT2D eigenvalue weighted by Gasteiger charge is 2.18. The number of nitrogens with zero attached hydrogens (tertiary/aromatic N) is 1. The molecule has 0 aliphatic carbocycles. The molecule has 0 unspecified atom stereocenters. The van der Waals surface area contributed by atoms with Gasteiger partial charge in [-0.05, 0) is 43.2 Å². The molecule has 27 heavy (non-hydrogen) atoms. The van der Waals surface area contributed by atoms with Crippen molar-refractivity contribution >= 4 is 56.6 Å². The number of carbonyl (C=O) groups is 2. The number of halogens is 4. The van der Waals surface area contributed by atoms with E-state index in [2.05, 4.69) is 21.2 Å². The fourth-order valence-electron chi connectivity index (χ4n) is 2.47. The zero-order valence-corrected chi connectivity index (χ0v) is 17.7. The van der Waals surface area contributed by atoms with Crippen LogP contribution in [-0.4, -0.2) is 29.8 Å². The van der Waals surface area contributed by atoms with E-state index in [0.29, 0.717) is 32.3 Å². The molecule has 4 nitrogen and oxygen atoms in total. The third-order valence-electron chi connectivity index (χ3n) is 3.92. The van der Waals surface area contributed by atoms with E-state index in [9.17, 15) is 14.0 Å². The number of aryl methyl sites for hydroxylation is 1. The van der Waals surface area contributed by atoms with E-state index in [1.807, 2.05) is 0 Å². The first kappa shape index (κ1) is 21.7. The van der Waals surface area contributed by atoms with Crippen molar-refractivity contribution in [1.82, 2.24) is 4.90 Å². The van der Waals surface area contributed by atoms with Crippen LogP contribution in [0.2, 0.25) is 10.0 Å². The standard InChI is InChI=1S/C19H18BrCl2FN2O2/c1-2-25(11-17(26)24-19-14(21)4-3-5-15(19)22)18(27)9-7-12-6-8-13(20)10-16(12)23/h3-6,8,10H,2,7,9,11H2,1H3,(H,24,26). The first-order valence-corrected chi connectivity index (χ1v) is 9.82. The Morgan fingerprint density at radius 2 is 1.85 bits per heavy atom. The average Bonchev–Trinajstić information content (AvgIpc) is 2.62. The molecule has 2 rings (SSSR count). The fourth-order valence-corrected chi connectivity index (χ4v) is 3.30. The lowest BCUT2D eigenvalue weighted by molar-refractivity contribution is -0.134. The second kappa shape index (κ2) is 10.1. The predicted octanol–water partition coefficient (Wildman–Crippen LogP) is 5.31. The highest BCUT2D eigenvalue weighted by atomic mass is 79.9. The Bertz CT molecular complexity index is 828. The first-order chi connectivity index (χ1) is 12.8. The van der Waals surface area contributed by atoms with Crippen molar-refractivity contribution in [3.8, 4) is 0 Å². The number of rotatable bonds is 7. The topological polar surface area (TPSA) is 49.4 Å². The smallest absolute Gasteiger partial charge is 0.244 e. The number of benzene rings is 2. The maximum absolute atomic E-state index is 13.9. The van der Waals surface area contributed by atoms with Crippen molar-refractivity contribution in [3.63, 3.8) is 0 Å². The molecule has 8 heteroatoms. The fraction of sp³-hybridized carbons (Fsp3) is 0.263. The van der Waals surface area contributed by atoms with Crippen molar-refractivity contribution in [2.45, 2.75) is 19.8 Å². The Labute approximate surface area is 175 Å². The van der Waals surface area contributed by atoms with Crippen molar-refractivity contribution in [1.29, 1.82) is 0 Å². The average molecular weight is 476 g/mol. The lowest BCUT2D eigenvalue weighted by Gasteiger charge is -2.21. The van der Waals surface area contributed by atoms with Crippen molar-refractivity contribution in [2.24, 2.45) is 0 Å². The van der Waals surface area contributed by atoms with E-state index in [4.69, 9.17) is 23.2 Å². The van der Waals surface area contributed by atoms with Gasteiger partial charge in [-0.3, -0.25) is 9.59 Å². The van der Waals surface area contributed by atoms with Crippen LogP contribution in [-0.2, 0) is 16.0 Å². The minimum atomic E-state index is -0.407. The second-order valence-electron chi connectivity index (χ2n) is 5.79. The summed E-state index contributed by atoms with van der Waals surface area (Å²) < 4.78 is 14.5. The van der Waals surface area contributed by atoms with Gasteiger partial charge < -0.3 is 10.2 Å². The lowest BCUT2D eigenvalue weighted by atomic mass is 10.1. The maximum atomic E-state index is 13.9. The zero-order chi connectivity index (χ0) is 20.0. The third-order valence-corrected chi connectivity index (χ3v) is 5.04. The number of amides is 2. The summed E-state index contributed by atoms with van der Waals surface area (Å²) in [5.74, 6) is -1.01. The summed E-state index contributed by atoms with van der Waals surface area (Å²) in [4.78, 5) is 26.1. The maximum Gasteiger partial charge on any atom is 0.244 e. The second-order valence-corrected chi connectivity index (χ2v) is 7.52. The van der Waals surface area contributed by atoms with Crippen molar-refractivity contribution in [2.75, 3.05) is 18.4 Å². The van der Waals surface area contributed by atoms with Gasteiger partial charge in [0.1, 0.15) is 5.82 Å². The van der Waals surface area contributed by atoms with Crippen molar-refractivity contribution < 1.29 is 14.0 Å². The summed E-state index contributed by atoms with van der Waals surface area (Å²) in [7, 11) is 0. The molecule has 0 saturated carbocycles. The van der Waals surface area contributed by atoms with Gasteiger partial charge in [-0.25, -0.2) is 4.39 Å². The number of nitrogens with one attached hydrogen (secondary N) is 1. The SMILES string of the molecule is CCN(CC(=O)Nc1c(Cl)cccc1Cl)C(=O)CCc1ccc(Br)cc1F. The molecule has 2 aromatic carbocycles. The van der Waals surface area contributed by atoms with Gasteiger partial charge in [-0.1, -0.05) is 51.3 Å². The molecule has 0 aromatic heterocycles. The van der Waals surface area contributed by atoms with Crippen molar-refractivity contribution in [3.05, 3.63) is 62.3 Å². The molecule has 0 atom stereocenters. The van der Waals surface area contributed by atoms with E-state index < -0.39 is 5.91 Å². The summed E-state index contributed by atoms with van der Waals surface area (Å²) in [5.41, 5.74) is 0.765. The van der Waals surface area contributed by atoms with Crippen LogP contribution in [0.3, 0.4) is 0 Å². The molecule has 1 N–H and O–H groups in total. The first-order valence-electron chi connectivity index (χ1n) is 8.27. The van der Waals surface area contributed by atoms with Gasteiger partial charge in [-0.15, -0.1) is 0 Å². The van der Waals surface area contributed by atoms with E-state index in [0.717, 1.165) is 0 Å². The van der Waals surface area contributed by atoms with Crippen LogP contribution in [0.25, 0.3) is 0 Å². The molecule has 0 radical (unpaired) electrons. The van der Waals surface area contributed by atoms with E-state index in [1.165, 1.54) is 11.0 Å². The molecule has 0 bridgehead atoms. The molecular formula is C19H18BrCl2FN2O2. The highest BCUT2D eigenvalue weighted by molar-refractivity contribution is 9.10. The summed E-state index contributed by atoms with van der Waals surface area (Å²) in [5, 5.41) is 3.26. The van der Waals surface area contributed by atoms with Crippen LogP contribution in [0.4, 0.5) is 10.1 Å². The Hall–Kier alpha value is -1.63. The zero-order valence-electron chi connectivity index (χ0n) is 14.6. The van der Waals surface area contributed by atoms with Gasteiger partial charge in [0, 0.05) is 17.4 Å². The van der Waals surface area contributed by atoms with Crippen LogP contribution in [0.5, 0.6) is 0 Å². The monoisotopic (exact) mass is 474 g/mol. The quantitative estimate of drug-likeness (QED) is 0.589. The Balaban J connectivity index is 1.95. The number of likely N-dealkylation sites (N-methyl/N-ethyl adjacent to an activating group) is 1. The molecule has 0 aliphatic rings. The number of anilines is 1. The minimum Gasteiger partial charge on any atom is -0.334 e. The molecular weight excluding hydrogens is 458 g/mol. The van der Waals surface area contributed by atoms with Crippen LogP contribution >= 0.6 is 39.1 Å². The van der Waals surface area contributed by atoms with Gasteiger partial charge >= 0.3 is 0 Å². The molecule has 0 spiro atoms. The largest absolute Gasteiger partial charge is 0.334 e. The predicted molar refractivity (Wildman–Crippen MR) is 110 cm³/mol. The molecule has 144 valence electrons. The normalized spacial score (nSPS) is 10.6. The molecule has 0 saturated heterocycles. The van der Waals surface area contributed by atoms with E-state index in [-0.39, 0.29) is 31.1 Å². The van der Waals surface area contributed by atoms with Crippen LogP contribution in [0.15, 0.2) is 40.9 Å². The summed E-state index contributed by atoms with van der Waals surface area (Å²) in [6.07, 6.45) is 0.360. The number of para-hydroxylation sites is 1. The van der Waals surface area contributed by atoms with E-state index >= 15 is 0 Å². The summed E-state index contributed by atoms with van der Waals surface area (Å²) in [6.45, 7) is 1.99. The Kier molecular flexibility index (Phi) is 8.07. The number of hydrogen-bond acceptors (Lipinski definition) is 2. The van der Waals surface area contributed by atoms with Gasteiger partial charge in [0.2, 0.25) is 11.8 Å². The number of carbonyl (C=O) groups excluding carboxylic acids is 2. The third kappa shape index (κ3) is 6.19. The van der Waals surface area contributed by atoms with Gasteiger partial charge in [0.15, 0.2) is 0 Å². The van der Waals surface area contributed by atoms with Gasteiger partial charge in [0.05, 0.1) is 22.3 Å². The van der Waals surface area contributed by atoms with Crippen LogP contribution < -0.4 is 5.32 Å². The molecule has 2 amide bonds. The summed E-state index contributed by atoms with van der Waals surface area (Å²) >= 11 is 15.3. The minimum absolute atomic E-state index is 0.104. The van der Waals surface area contributed by atoms with E-state index in [1.54, 1.807) is 37.3 Å². The van der Waals surface area contributed by atoms with Crippen LogP contribution in [0.1, 0.15) is 18.9 Å². The number of hydrogen-bond donors (Lipinski definition) is 1. The Morgan fingerprint density at radius 1 is 1.19 bits per heavy atom. The van der Waals surface area contributed by atoms with Gasteiger partial charge in [-0.2, -0.15) is 0 Å². The molecule has 2 aromatic rings. The lowest BCUT2D eigenvalue weighted by Crippen LogP contribution is -2.38. The molecule has 0 fully saturated rings. The summed E-state index contributed by atoms with van der Waals surface area (Å²) in [6, 6.07) is 9.61. The molecule has 0 aliphatic heterocycles. The van der Waals surface area contributed by atoms with Crippen LogP contribution in [0, 0.1) is 5.82 Å². The molecule has 0 heterocycles. The van der Waals surface area contributed by atoms with Gasteiger partial charge in [0.25, 0.3) is 0 Å². The Morgan fingerprint density at radius 3 is 2.44 bits per heavy atom. The highest BCUT2D eigenvalue weighted by Crippen LogP contribution is 2.29.